The predicted molar refractivity (Wildman–Crippen MR) is 119 cm³/mol. The molecule has 0 aromatic heterocycles. The molecule has 3 aromatic carbocycles. The highest BCUT2D eigenvalue weighted by Gasteiger charge is 2.21. The van der Waals surface area contributed by atoms with Gasteiger partial charge in [-0.2, -0.15) is 5.10 Å². The molecular formula is C22H16N4O8. The van der Waals surface area contributed by atoms with Crippen LogP contribution in [0, 0.1) is 20.2 Å². The predicted octanol–water partition coefficient (Wildman–Crippen LogP) is 3.49. The monoisotopic (exact) mass is 464 g/mol. The van der Waals surface area contributed by atoms with Crippen LogP contribution in [0.2, 0.25) is 0 Å². The first-order valence-corrected chi connectivity index (χ1v) is 9.51. The van der Waals surface area contributed by atoms with Crippen LogP contribution < -0.4 is 14.9 Å². The number of para-hydroxylation sites is 1. The Balaban J connectivity index is 1.76. The van der Waals surface area contributed by atoms with Gasteiger partial charge < -0.3 is 9.47 Å². The molecule has 12 heteroatoms. The second kappa shape index (κ2) is 10.5. The van der Waals surface area contributed by atoms with Crippen LogP contribution in [0.25, 0.3) is 0 Å². The fourth-order valence-corrected chi connectivity index (χ4v) is 2.73. The van der Waals surface area contributed by atoms with Crippen LogP contribution in [-0.2, 0) is 0 Å². The van der Waals surface area contributed by atoms with Crippen molar-refractivity contribution >= 4 is 29.5 Å². The molecule has 0 aliphatic heterocycles. The second-order valence-electron chi connectivity index (χ2n) is 6.61. The van der Waals surface area contributed by atoms with Crippen molar-refractivity contribution in [3.63, 3.8) is 0 Å². The SMILES string of the molecule is COc1ccc(C(=O)N/N=C\c2ccccc2OC(=O)c2cc([N+](=O)[O-])cc([N+](=O)[O-])c2)cc1. The highest BCUT2D eigenvalue weighted by atomic mass is 16.6. The average molecular weight is 464 g/mol. The van der Waals surface area contributed by atoms with Crippen molar-refractivity contribution in [2.75, 3.05) is 7.11 Å². The van der Waals surface area contributed by atoms with Gasteiger partial charge in [0.15, 0.2) is 0 Å². The summed E-state index contributed by atoms with van der Waals surface area (Å²) in [4.78, 5) is 45.1. The Morgan fingerprint density at radius 3 is 2.12 bits per heavy atom. The molecule has 3 aromatic rings. The van der Waals surface area contributed by atoms with Crippen LogP contribution in [0.15, 0.2) is 71.8 Å². The van der Waals surface area contributed by atoms with Crippen LogP contribution in [0.1, 0.15) is 26.3 Å². The van der Waals surface area contributed by atoms with Gasteiger partial charge in [0.2, 0.25) is 0 Å². The van der Waals surface area contributed by atoms with E-state index in [2.05, 4.69) is 10.5 Å². The number of benzene rings is 3. The first-order valence-electron chi connectivity index (χ1n) is 9.51. The van der Waals surface area contributed by atoms with E-state index in [0.717, 1.165) is 18.2 Å². The molecule has 12 nitrogen and oxygen atoms in total. The number of ether oxygens (including phenoxy) is 2. The zero-order valence-electron chi connectivity index (χ0n) is 17.5. The average Bonchev–Trinajstić information content (AvgIpc) is 2.84. The summed E-state index contributed by atoms with van der Waals surface area (Å²) >= 11 is 0. The maximum absolute atomic E-state index is 12.5. The lowest BCUT2D eigenvalue weighted by Gasteiger charge is -2.07. The van der Waals surface area contributed by atoms with Crippen LogP contribution in [-0.4, -0.2) is 35.0 Å². The number of nitrogens with zero attached hydrogens (tertiary/aromatic N) is 3. The molecule has 0 atom stereocenters. The van der Waals surface area contributed by atoms with Gasteiger partial charge in [0.05, 0.1) is 34.8 Å². The number of hydrogen-bond acceptors (Lipinski definition) is 9. The van der Waals surface area contributed by atoms with E-state index in [1.54, 1.807) is 42.5 Å². The summed E-state index contributed by atoms with van der Waals surface area (Å²) in [5.41, 5.74) is 1.34. The summed E-state index contributed by atoms with van der Waals surface area (Å²) in [6, 6.07) is 15.0. The van der Waals surface area contributed by atoms with Crippen molar-refractivity contribution < 1.29 is 28.9 Å². The van der Waals surface area contributed by atoms with E-state index in [9.17, 15) is 29.8 Å². The van der Waals surface area contributed by atoms with Crippen molar-refractivity contribution in [1.82, 2.24) is 5.43 Å². The molecule has 34 heavy (non-hydrogen) atoms. The fraction of sp³-hybridized carbons (Fsp3) is 0.0455. The number of carbonyl (C=O) groups is 2. The summed E-state index contributed by atoms with van der Waals surface area (Å²) < 4.78 is 10.3. The molecule has 0 radical (unpaired) electrons. The molecule has 0 aliphatic rings. The van der Waals surface area contributed by atoms with Crippen molar-refractivity contribution in [2.24, 2.45) is 5.10 Å². The Morgan fingerprint density at radius 1 is 0.912 bits per heavy atom. The molecule has 0 aliphatic carbocycles. The summed E-state index contributed by atoms with van der Waals surface area (Å²) in [5, 5.41) is 25.9. The van der Waals surface area contributed by atoms with Crippen LogP contribution in [0.3, 0.4) is 0 Å². The van der Waals surface area contributed by atoms with Gasteiger partial charge in [-0.05, 0) is 36.4 Å². The Hall–Kier alpha value is -5.13. The molecule has 0 bridgehead atoms. The van der Waals surface area contributed by atoms with Crippen molar-refractivity contribution in [3.8, 4) is 11.5 Å². The maximum Gasteiger partial charge on any atom is 0.344 e. The molecule has 0 unspecified atom stereocenters. The highest BCUT2D eigenvalue weighted by molar-refractivity contribution is 5.96. The van der Waals surface area contributed by atoms with Crippen LogP contribution >= 0.6 is 0 Å². The largest absolute Gasteiger partial charge is 0.497 e. The topological polar surface area (TPSA) is 163 Å². The summed E-state index contributed by atoms with van der Waals surface area (Å²) in [6.07, 6.45) is 1.24. The van der Waals surface area contributed by atoms with Gasteiger partial charge in [-0.3, -0.25) is 25.0 Å². The Kier molecular flexibility index (Phi) is 7.24. The number of methoxy groups -OCH3 is 1. The van der Waals surface area contributed by atoms with Gasteiger partial charge in [0.1, 0.15) is 11.5 Å². The first kappa shape index (κ1) is 23.5. The van der Waals surface area contributed by atoms with Crippen LogP contribution in [0.4, 0.5) is 11.4 Å². The third-order valence-electron chi connectivity index (χ3n) is 4.40. The maximum atomic E-state index is 12.5. The van der Waals surface area contributed by atoms with Crippen molar-refractivity contribution in [1.29, 1.82) is 0 Å². The number of nitro groups is 2. The molecule has 3 rings (SSSR count). The zero-order valence-corrected chi connectivity index (χ0v) is 17.5. The van der Waals surface area contributed by atoms with E-state index in [0.29, 0.717) is 16.9 Å². The highest BCUT2D eigenvalue weighted by Crippen LogP contribution is 2.24. The molecule has 0 saturated heterocycles. The summed E-state index contributed by atoms with van der Waals surface area (Å²) in [5.74, 6) is -0.929. The lowest BCUT2D eigenvalue weighted by molar-refractivity contribution is -0.394. The fourth-order valence-electron chi connectivity index (χ4n) is 2.73. The summed E-state index contributed by atoms with van der Waals surface area (Å²) in [7, 11) is 1.50. The molecule has 0 spiro atoms. The van der Waals surface area contributed by atoms with E-state index in [4.69, 9.17) is 9.47 Å². The van der Waals surface area contributed by atoms with Crippen molar-refractivity contribution in [2.45, 2.75) is 0 Å². The Morgan fingerprint density at radius 2 is 1.53 bits per heavy atom. The minimum atomic E-state index is -1.05. The normalized spacial score (nSPS) is 10.5. The molecule has 0 heterocycles. The minimum absolute atomic E-state index is 0.0177. The van der Waals surface area contributed by atoms with E-state index in [1.807, 2.05) is 0 Å². The van der Waals surface area contributed by atoms with Crippen molar-refractivity contribution in [3.05, 3.63) is 104 Å². The third kappa shape index (κ3) is 5.76. The van der Waals surface area contributed by atoms with Gasteiger partial charge >= 0.3 is 5.97 Å². The zero-order chi connectivity index (χ0) is 24.7. The lowest BCUT2D eigenvalue weighted by Crippen LogP contribution is -2.17. The van der Waals surface area contributed by atoms with E-state index in [-0.39, 0.29) is 11.3 Å². The number of amides is 1. The molecule has 0 saturated carbocycles. The third-order valence-corrected chi connectivity index (χ3v) is 4.40. The lowest BCUT2D eigenvalue weighted by atomic mass is 10.1. The van der Waals surface area contributed by atoms with Crippen LogP contribution in [0.5, 0.6) is 11.5 Å². The minimum Gasteiger partial charge on any atom is -0.497 e. The van der Waals surface area contributed by atoms with Gasteiger partial charge in [-0.1, -0.05) is 12.1 Å². The molecule has 172 valence electrons. The number of non-ortho nitro benzene ring substituents is 2. The molecule has 0 fully saturated rings. The Labute approximate surface area is 191 Å². The Bertz CT molecular complexity index is 1260. The molecular weight excluding hydrogens is 448 g/mol. The standard InChI is InChI=1S/C22H16N4O8/c1-33-19-8-6-14(7-9-19)21(27)24-23-13-15-4-2-3-5-20(15)34-22(28)16-10-17(25(29)30)12-18(11-16)26(31)32/h2-13H,1H3,(H,24,27)/b23-13-. The van der Waals surface area contributed by atoms with Gasteiger partial charge in [0, 0.05) is 23.3 Å². The number of hydrogen-bond donors (Lipinski definition) is 1. The number of esters is 1. The van der Waals surface area contributed by atoms with E-state index >= 15 is 0 Å². The second-order valence-corrected chi connectivity index (χ2v) is 6.61. The quantitative estimate of drug-likeness (QED) is 0.174. The first-order chi connectivity index (χ1) is 16.3. The van der Waals surface area contributed by atoms with Gasteiger partial charge in [-0.15, -0.1) is 0 Å². The van der Waals surface area contributed by atoms with Gasteiger partial charge in [-0.25, -0.2) is 10.2 Å². The number of nitro benzene ring substituents is 2. The molecule has 1 amide bonds. The van der Waals surface area contributed by atoms with E-state index in [1.165, 1.54) is 19.4 Å². The summed E-state index contributed by atoms with van der Waals surface area (Å²) in [6.45, 7) is 0. The molecule has 1 N–H and O–H groups in total. The number of hydrazone groups is 1. The number of carbonyl (C=O) groups excluding carboxylic acids is 2. The van der Waals surface area contributed by atoms with E-state index < -0.39 is 33.1 Å². The van der Waals surface area contributed by atoms with Gasteiger partial charge in [0.25, 0.3) is 17.3 Å². The number of rotatable bonds is 8. The number of nitrogens with one attached hydrogen (secondary N) is 1. The smallest absolute Gasteiger partial charge is 0.344 e.